The highest BCUT2D eigenvalue weighted by Gasteiger charge is 2.35. The number of nitriles is 1. The van der Waals surface area contributed by atoms with Crippen LogP contribution in [0.4, 0.5) is 0 Å². The molecule has 1 atom stereocenters. The molecular weight excluding hydrogens is 342 g/mol. The lowest BCUT2D eigenvalue weighted by atomic mass is 10.3. The van der Waals surface area contributed by atoms with Crippen molar-refractivity contribution in [3.8, 4) is 11.9 Å². The van der Waals surface area contributed by atoms with Crippen LogP contribution in [0.25, 0.3) is 0 Å². The van der Waals surface area contributed by atoms with E-state index in [9.17, 15) is 8.42 Å². The van der Waals surface area contributed by atoms with Gasteiger partial charge in [-0.3, -0.25) is 0 Å². The number of hydrogen-bond acceptors (Lipinski definition) is 6. The van der Waals surface area contributed by atoms with Gasteiger partial charge in [0.05, 0.1) is 24.5 Å². The van der Waals surface area contributed by atoms with Gasteiger partial charge in [-0.15, -0.1) is 0 Å². The minimum atomic E-state index is -3.64. The van der Waals surface area contributed by atoms with Gasteiger partial charge in [-0.1, -0.05) is 0 Å². The van der Waals surface area contributed by atoms with Crippen LogP contribution in [-0.2, 0) is 10.0 Å². The average molecular weight is 361 g/mol. The second-order valence-corrected chi connectivity index (χ2v) is 8.02. The van der Waals surface area contributed by atoms with E-state index in [1.165, 1.54) is 16.8 Å². The zero-order valence-corrected chi connectivity index (χ0v) is 14.8. The van der Waals surface area contributed by atoms with E-state index in [0.717, 1.165) is 0 Å². The Bertz CT molecular complexity index is 900. The first-order valence-corrected chi connectivity index (χ1v) is 9.40. The highest BCUT2D eigenvalue weighted by Crippen LogP contribution is 2.23. The molecule has 0 spiro atoms. The molecule has 1 aliphatic rings. The molecule has 3 heterocycles. The summed E-state index contributed by atoms with van der Waals surface area (Å²) in [5, 5.41) is 8.96. The Balaban J connectivity index is 1.70. The maximum Gasteiger partial charge on any atom is 0.262 e. The van der Waals surface area contributed by atoms with Gasteiger partial charge in [-0.25, -0.2) is 18.4 Å². The van der Waals surface area contributed by atoms with E-state index >= 15 is 0 Å². The second kappa shape index (κ2) is 6.82. The lowest BCUT2D eigenvalue weighted by Gasteiger charge is -2.15. The minimum Gasteiger partial charge on any atom is -0.473 e. The second-order valence-electron chi connectivity index (χ2n) is 6.14. The van der Waals surface area contributed by atoms with Crippen LogP contribution in [-0.4, -0.2) is 46.5 Å². The summed E-state index contributed by atoms with van der Waals surface area (Å²) < 4.78 is 34.3. The van der Waals surface area contributed by atoms with Gasteiger partial charge in [-0.2, -0.15) is 9.57 Å². The fourth-order valence-corrected chi connectivity index (χ4v) is 4.00. The van der Waals surface area contributed by atoms with Crippen molar-refractivity contribution < 1.29 is 13.2 Å². The molecular formula is C16H19N5O3S. The van der Waals surface area contributed by atoms with E-state index in [-0.39, 0.29) is 23.7 Å². The van der Waals surface area contributed by atoms with Crippen molar-refractivity contribution in [3.63, 3.8) is 0 Å². The van der Waals surface area contributed by atoms with Crippen molar-refractivity contribution in [2.75, 3.05) is 13.1 Å². The number of pyridine rings is 1. The number of nitrogens with zero attached hydrogens (tertiary/aromatic N) is 5. The largest absolute Gasteiger partial charge is 0.473 e. The minimum absolute atomic E-state index is 0.0476. The maximum absolute atomic E-state index is 12.7. The fraction of sp³-hybridized carbons (Fsp3) is 0.438. The third-order valence-corrected chi connectivity index (χ3v) is 5.79. The van der Waals surface area contributed by atoms with E-state index in [0.29, 0.717) is 24.4 Å². The highest BCUT2D eigenvalue weighted by atomic mass is 32.2. The Morgan fingerprint density at radius 1 is 1.40 bits per heavy atom. The molecule has 0 aromatic carbocycles. The summed E-state index contributed by atoms with van der Waals surface area (Å²) in [6, 6.07) is 5.29. The first-order chi connectivity index (χ1) is 11.9. The summed E-state index contributed by atoms with van der Waals surface area (Å²) in [6.45, 7) is 4.51. The standard InChI is InChI=1S/C16H19N5O3S/c1-12(2)20-10-16(19-11-20)25(22,23)21-6-4-14(9-21)24-15-7-13(8-17)3-5-18-15/h3,5,7,10-12,14H,4,6,9H2,1-2H3. The van der Waals surface area contributed by atoms with Crippen LogP contribution in [0.15, 0.2) is 35.9 Å². The molecule has 0 saturated carbocycles. The first-order valence-electron chi connectivity index (χ1n) is 7.96. The Hall–Kier alpha value is -2.44. The van der Waals surface area contributed by atoms with E-state index < -0.39 is 10.0 Å². The van der Waals surface area contributed by atoms with E-state index in [4.69, 9.17) is 10.00 Å². The van der Waals surface area contributed by atoms with Gasteiger partial charge in [0.2, 0.25) is 5.88 Å². The molecule has 1 unspecified atom stereocenters. The van der Waals surface area contributed by atoms with E-state index in [1.807, 2.05) is 19.9 Å². The van der Waals surface area contributed by atoms with Crippen LogP contribution in [0.5, 0.6) is 5.88 Å². The Morgan fingerprint density at radius 2 is 2.20 bits per heavy atom. The van der Waals surface area contributed by atoms with Crippen molar-refractivity contribution in [2.24, 2.45) is 0 Å². The van der Waals surface area contributed by atoms with Crippen LogP contribution in [0, 0.1) is 11.3 Å². The fourth-order valence-electron chi connectivity index (χ4n) is 2.59. The molecule has 1 aliphatic heterocycles. The topological polar surface area (TPSA) is 101 Å². The van der Waals surface area contributed by atoms with E-state index in [1.54, 1.807) is 22.9 Å². The Kier molecular flexibility index (Phi) is 4.74. The van der Waals surface area contributed by atoms with Crippen LogP contribution < -0.4 is 4.74 Å². The maximum atomic E-state index is 12.7. The number of sulfonamides is 1. The molecule has 2 aromatic heterocycles. The molecule has 3 rings (SSSR count). The van der Waals surface area contributed by atoms with Gasteiger partial charge in [0.25, 0.3) is 10.0 Å². The molecule has 0 aliphatic carbocycles. The monoisotopic (exact) mass is 361 g/mol. The average Bonchev–Trinajstić information content (AvgIpc) is 3.25. The molecule has 0 bridgehead atoms. The molecule has 9 heteroatoms. The number of rotatable bonds is 5. The van der Waals surface area contributed by atoms with E-state index in [2.05, 4.69) is 9.97 Å². The summed E-state index contributed by atoms with van der Waals surface area (Å²) >= 11 is 0. The summed E-state index contributed by atoms with van der Waals surface area (Å²) in [6.07, 6.45) is 4.83. The van der Waals surface area contributed by atoms with Gasteiger partial charge >= 0.3 is 0 Å². The third-order valence-electron chi connectivity index (χ3n) is 4.04. The quantitative estimate of drug-likeness (QED) is 0.801. The van der Waals surface area contributed by atoms with Gasteiger partial charge in [0.1, 0.15) is 6.10 Å². The zero-order chi connectivity index (χ0) is 18.0. The number of ether oxygens (including phenoxy) is 1. The smallest absolute Gasteiger partial charge is 0.262 e. The SMILES string of the molecule is CC(C)n1cnc(S(=O)(=O)N2CCC(Oc3cc(C#N)ccn3)C2)c1. The summed E-state index contributed by atoms with van der Waals surface area (Å²) in [4.78, 5) is 8.09. The number of hydrogen-bond donors (Lipinski definition) is 0. The summed E-state index contributed by atoms with van der Waals surface area (Å²) in [7, 11) is -3.64. The van der Waals surface area contributed by atoms with Crippen LogP contribution in [0.3, 0.4) is 0 Å². The van der Waals surface area contributed by atoms with Crippen molar-refractivity contribution in [1.29, 1.82) is 5.26 Å². The van der Waals surface area contributed by atoms with Crippen LogP contribution in [0.1, 0.15) is 31.9 Å². The lowest BCUT2D eigenvalue weighted by molar-refractivity contribution is 0.207. The van der Waals surface area contributed by atoms with Crippen LogP contribution in [0.2, 0.25) is 0 Å². The van der Waals surface area contributed by atoms with Gasteiger partial charge in [0, 0.05) is 31.0 Å². The van der Waals surface area contributed by atoms with Gasteiger partial charge in [-0.05, 0) is 26.3 Å². The first kappa shape index (κ1) is 17.4. The number of imidazole rings is 1. The molecule has 8 nitrogen and oxygen atoms in total. The normalized spacial score (nSPS) is 18.4. The molecule has 1 fully saturated rings. The molecule has 2 aromatic rings. The molecule has 1 saturated heterocycles. The summed E-state index contributed by atoms with van der Waals surface area (Å²) in [5.74, 6) is 0.326. The summed E-state index contributed by atoms with van der Waals surface area (Å²) in [5.41, 5.74) is 0.451. The zero-order valence-electron chi connectivity index (χ0n) is 14.0. The predicted molar refractivity (Wildman–Crippen MR) is 89.4 cm³/mol. The third kappa shape index (κ3) is 3.65. The molecule has 0 amide bonds. The number of aromatic nitrogens is 3. The Labute approximate surface area is 146 Å². The van der Waals surface area contributed by atoms with Crippen molar-refractivity contribution in [2.45, 2.75) is 37.4 Å². The lowest BCUT2D eigenvalue weighted by Crippen LogP contribution is -2.31. The predicted octanol–water partition coefficient (Wildman–Crippen LogP) is 1.57. The molecule has 132 valence electrons. The van der Waals surface area contributed by atoms with Gasteiger partial charge in [0.15, 0.2) is 5.03 Å². The van der Waals surface area contributed by atoms with Crippen molar-refractivity contribution in [3.05, 3.63) is 36.4 Å². The molecule has 0 N–H and O–H groups in total. The van der Waals surface area contributed by atoms with Gasteiger partial charge < -0.3 is 9.30 Å². The van der Waals surface area contributed by atoms with Crippen molar-refractivity contribution >= 4 is 10.0 Å². The Morgan fingerprint density at radius 3 is 2.88 bits per heavy atom. The highest BCUT2D eigenvalue weighted by molar-refractivity contribution is 7.89. The molecule has 0 radical (unpaired) electrons. The van der Waals surface area contributed by atoms with Crippen LogP contribution >= 0.6 is 0 Å². The van der Waals surface area contributed by atoms with Crippen molar-refractivity contribution in [1.82, 2.24) is 18.8 Å². The molecule has 25 heavy (non-hydrogen) atoms.